The van der Waals surface area contributed by atoms with Gasteiger partial charge in [0.15, 0.2) is 0 Å². The lowest BCUT2D eigenvalue weighted by atomic mass is 9.95. The number of pyridine rings is 1. The summed E-state index contributed by atoms with van der Waals surface area (Å²) in [6.45, 7) is 3.56. The van der Waals surface area contributed by atoms with Crippen molar-refractivity contribution < 1.29 is 4.79 Å². The monoisotopic (exact) mass is 311 g/mol. The van der Waals surface area contributed by atoms with Crippen LogP contribution in [0.3, 0.4) is 0 Å². The van der Waals surface area contributed by atoms with E-state index in [2.05, 4.69) is 19.9 Å². The van der Waals surface area contributed by atoms with E-state index in [1.54, 1.807) is 18.6 Å². The van der Waals surface area contributed by atoms with Gasteiger partial charge in [-0.15, -0.1) is 0 Å². The number of carbonyl (C=O) groups excluding carboxylic acids is 1. The lowest BCUT2D eigenvalue weighted by Crippen LogP contribution is -2.44. The van der Waals surface area contributed by atoms with Crippen molar-refractivity contribution in [2.24, 2.45) is 5.92 Å². The Morgan fingerprint density at radius 3 is 3.00 bits per heavy atom. The molecule has 2 bridgehead atoms. The van der Waals surface area contributed by atoms with Crippen molar-refractivity contribution >= 4 is 5.91 Å². The van der Waals surface area contributed by atoms with Gasteiger partial charge < -0.3 is 9.88 Å². The van der Waals surface area contributed by atoms with Crippen LogP contribution in [-0.2, 0) is 6.54 Å². The molecule has 6 heteroatoms. The minimum absolute atomic E-state index is 0.0610. The number of hydrogen-bond acceptors (Lipinski definition) is 4. The quantitative estimate of drug-likeness (QED) is 0.934. The molecule has 0 radical (unpaired) electrons. The highest BCUT2D eigenvalue weighted by atomic mass is 16.2. The first kappa shape index (κ1) is 14.4. The van der Waals surface area contributed by atoms with Crippen LogP contribution in [0.1, 0.15) is 29.0 Å². The number of H-pyrrole nitrogens is 1. The zero-order valence-electron chi connectivity index (χ0n) is 13.1. The van der Waals surface area contributed by atoms with Crippen LogP contribution in [0, 0.1) is 5.92 Å². The number of amides is 1. The number of carbonyl (C=O) groups is 1. The third-order valence-electron chi connectivity index (χ3n) is 4.93. The van der Waals surface area contributed by atoms with Gasteiger partial charge in [0.1, 0.15) is 5.69 Å². The van der Waals surface area contributed by atoms with Gasteiger partial charge in [0.25, 0.3) is 5.91 Å². The van der Waals surface area contributed by atoms with Crippen molar-refractivity contribution in [2.45, 2.75) is 25.4 Å². The Hall–Kier alpha value is -2.21. The largest absolute Gasteiger partial charge is 0.347 e. The molecule has 2 aromatic rings. The number of aromatic amines is 1. The third-order valence-corrected chi connectivity index (χ3v) is 4.93. The number of imidazole rings is 1. The fraction of sp³-hybridized carbons (Fsp3) is 0.471. The van der Waals surface area contributed by atoms with Gasteiger partial charge in [-0.25, -0.2) is 4.98 Å². The van der Waals surface area contributed by atoms with E-state index in [-0.39, 0.29) is 5.91 Å². The number of piperidine rings is 1. The molecule has 0 saturated carbocycles. The standard InChI is InChI=1S/C17H21N5O/c23-17(16-3-1-2-6-19-16)22-9-13-4-5-15(11-22)21(8-13)10-14-7-18-12-20-14/h1-3,6-7,12-13,15H,4-5,8-11H2,(H,18,20)/t13-,15-/m1/s1. The molecule has 3 aliphatic rings. The zero-order chi connectivity index (χ0) is 15.6. The van der Waals surface area contributed by atoms with Crippen LogP contribution in [0.25, 0.3) is 0 Å². The van der Waals surface area contributed by atoms with Gasteiger partial charge in [-0.2, -0.15) is 0 Å². The lowest BCUT2D eigenvalue weighted by Gasteiger charge is -2.35. The number of nitrogens with zero attached hydrogens (tertiary/aromatic N) is 4. The van der Waals surface area contributed by atoms with Crippen LogP contribution >= 0.6 is 0 Å². The molecule has 23 heavy (non-hydrogen) atoms. The van der Waals surface area contributed by atoms with Crippen LogP contribution in [-0.4, -0.2) is 56.3 Å². The fourth-order valence-corrected chi connectivity index (χ4v) is 3.78. The Kier molecular flexibility index (Phi) is 3.83. The Labute approximate surface area is 135 Å². The third kappa shape index (κ3) is 2.99. The summed E-state index contributed by atoms with van der Waals surface area (Å²) >= 11 is 0. The maximum Gasteiger partial charge on any atom is 0.272 e. The molecule has 120 valence electrons. The maximum atomic E-state index is 12.7. The fourth-order valence-electron chi connectivity index (χ4n) is 3.78. The molecular weight excluding hydrogens is 290 g/mol. The minimum atomic E-state index is 0.0610. The van der Waals surface area contributed by atoms with E-state index in [1.165, 1.54) is 6.42 Å². The molecule has 2 aromatic heterocycles. The van der Waals surface area contributed by atoms with Crippen molar-refractivity contribution in [1.29, 1.82) is 0 Å². The Bertz CT molecular complexity index is 657. The van der Waals surface area contributed by atoms with Crippen LogP contribution in [0.15, 0.2) is 36.9 Å². The summed E-state index contributed by atoms with van der Waals surface area (Å²) in [6, 6.07) is 5.94. The first-order chi connectivity index (χ1) is 11.3. The Balaban J connectivity index is 1.50. The summed E-state index contributed by atoms with van der Waals surface area (Å²) < 4.78 is 0. The zero-order valence-corrected chi connectivity index (χ0v) is 13.1. The van der Waals surface area contributed by atoms with Gasteiger partial charge in [-0.05, 0) is 30.9 Å². The number of rotatable bonds is 3. The topological polar surface area (TPSA) is 65.1 Å². The van der Waals surface area contributed by atoms with E-state index >= 15 is 0 Å². The van der Waals surface area contributed by atoms with E-state index < -0.39 is 0 Å². The van der Waals surface area contributed by atoms with E-state index in [1.807, 2.05) is 23.2 Å². The minimum Gasteiger partial charge on any atom is -0.347 e. The summed E-state index contributed by atoms with van der Waals surface area (Å²) in [5.41, 5.74) is 1.69. The van der Waals surface area contributed by atoms with Crippen molar-refractivity contribution in [3.05, 3.63) is 48.3 Å². The second-order valence-electron chi connectivity index (χ2n) is 6.53. The average molecular weight is 311 g/mol. The van der Waals surface area contributed by atoms with Crippen LogP contribution in [0.5, 0.6) is 0 Å². The normalized spacial score (nSPS) is 24.6. The second-order valence-corrected chi connectivity index (χ2v) is 6.53. The molecule has 1 amide bonds. The van der Waals surface area contributed by atoms with Gasteiger partial charge >= 0.3 is 0 Å². The van der Waals surface area contributed by atoms with Crippen LogP contribution < -0.4 is 0 Å². The predicted octanol–water partition coefficient (Wildman–Crippen LogP) is 1.54. The predicted molar refractivity (Wildman–Crippen MR) is 85.7 cm³/mol. The van der Waals surface area contributed by atoms with Crippen LogP contribution in [0.4, 0.5) is 0 Å². The molecule has 6 nitrogen and oxygen atoms in total. The van der Waals surface area contributed by atoms with E-state index in [4.69, 9.17) is 0 Å². The highest BCUT2D eigenvalue weighted by Gasteiger charge is 2.36. The number of fused-ring (bicyclic) bond motifs is 4. The highest BCUT2D eigenvalue weighted by Crippen LogP contribution is 2.29. The second kappa shape index (κ2) is 6.12. The van der Waals surface area contributed by atoms with Crippen molar-refractivity contribution in [3.63, 3.8) is 0 Å². The van der Waals surface area contributed by atoms with E-state index in [9.17, 15) is 4.79 Å². The average Bonchev–Trinajstić information content (AvgIpc) is 2.93. The van der Waals surface area contributed by atoms with Gasteiger partial charge in [0.2, 0.25) is 0 Å². The lowest BCUT2D eigenvalue weighted by molar-refractivity contribution is 0.0730. The molecule has 3 aliphatic heterocycles. The molecule has 0 unspecified atom stereocenters. The molecule has 3 saturated heterocycles. The molecule has 5 heterocycles. The maximum absolute atomic E-state index is 12.7. The Morgan fingerprint density at radius 2 is 2.22 bits per heavy atom. The van der Waals surface area contributed by atoms with E-state index in [0.29, 0.717) is 17.7 Å². The van der Waals surface area contributed by atoms with Crippen molar-refractivity contribution in [2.75, 3.05) is 19.6 Å². The summed E-state index contributed by atoms with van der Waals surface area (Å²) in [6.07, 6.45) is 7.66. The first-order valence-electron chi connectivity index (χ1n) is 8.21. The first-order valence-corrected chi connectivity index (χ1v) is 8.21. The van der Waals surface area contributed by atoms with Crippen molar-refractivity contribution in [3.8, 4) is 0 Å². The van der Waals surface area contributed by atoms with Crippen molar-refractivity contribution in [1.82, 2.24) is 24.8 Å². The summed E-state index contributed by atoms with van der Waals surface area (Å²) in [4.78, 5) is 28.7. The molecular formula is C17H21N5O. The molecule has 0 aromatic carbocycles. The molecule has 0 spiro atoms. The van der Waals surface area contributed by atoms with Gasteiger partial charge in [0, 0.05) is 50.3 Å². The summed E-state index contributed by atoms with van der Waals surface area (Å²) in [5.74, 6) is 0.607. The van der Waals surface area contributed by atoms with Gasteiger partial charge in [-0.1, -0.05) is 6.07 Å². The summed E-state index contributed by atoms with van der Waals surface area (Å²) in [5, 5.41) is 0. The smallest absolute Gasteiger partial charge is 0.272 e. The molecule has 0 aliphatic carbocycles. The summed E-state index contributed by atoms with van der Waals surface area (Å²) in [7, 11) is 0. The number of aromatic nitrogens is 3. The van der Waals surface area contributed by atoms with Gasteiger partial charge in [0.05, 0.1) is 6.33 Å². The Morgan fingerprint density at radius 1 is 1.26 bits per heavy atom. The molecule has 1 N–H and O–H groups in total. The number of hydrogen-bond donors (Lipinski definition) is 1. The van der Waals surface area contributed by atoms with Crippen LogP contribution in [0.2, 0.25) is 0 Å². The SMILES string of the molecule is O=C(c1ccccn1)N1C[C@@H]2CC[C@H](C1)N(Cc1cnc[nH]1)C2. The molecule has 2 atom stereocenters. The highest BCUT2D eigenvalue weighted by molar-refractivity contribution is 5.92. The number of nitrogens with one attached hydrogen (secondary N) is 1. The molecule has 3 fully saturated rings. The molecule has 5 rings (SSSR count). The van der Waals surface area contributed by atoms with E-state index in [0.717, 1.165) is 38.3 Å². The van der Waals surface area contributed by atoms with Gasteiger partial charge in [-0.3, -0.25) is 14.7 Å².